The molecule has 0 atom stereocenters. The van der Waals surface area contributed by atoms with Crippen LogP contribution in [-0.2, 0) is 14.3 Å². The number of carbonyl (C=O) groups is 3. The van der Waals surface area contributed by atoms with Crippen LogP contribution in [0.5, 0.6) is 0 Å². The summed E-state index contributed by atoms with van der Waals surface area (Å²) in [5.41, 5.74) is 0. The van der Waals surface area contributed by atoms with Crippen LogP contribution in [-0.4, -0.2) is 43.0 Å². The van der Waals surface area contributed by atoms with Crippen LogP contribution >= 0.6 is 0 Å². The molecule has 3 amide bonds. The second-order valence-corrected chi connectivity index (χ2v) is 2.30. The molecule has 0 bridgehead atoms. The van der Waals surface area contributed by atoms with E-state index in [0.29, 0.717) is 0 Å². The van der Waals surface area contributed by atoms with Crippen molar-refractivity contribution in [2.45, 2.75) is 0 Å². The van der Waals surface area contributed by atoms with Gasteiger partial charge in [-0.05, 0) is 0 Å². The van der Waals surface area contributed by atoms with E-state index >= 15 is 0 Å². The molecular weight excluding hydrogens is 164 g/mol. The third kappa shape index (κ3) is 1.71. The molecule has 1 aliphatic heterocycles. The summed E-state index contributed by atoms with van der Waals surface area (Å²) in [4.78, 5) is 33.3. The van der Waals surface area contributed by atoms with E-state index < -0.39 is 17.9 Å². The fourth-order valence-corrected chi connectivity index (χ4v) is 0.895. The van der Waals surface area contributed by atoms with Crippen molar-refractivity contribution in [2.75, 3.05) is 20.2 Å². The van der Waals surface area contributed by atoms with Crippen molar-refractivity contribution in [2.24, 2.45) is 0 Å². The highest BCUT2D eigenvalue weighted by atomic mass is 16.5. The number of hydrogen-bond acceptors (Lipinski definition) is 4. The van der Waals surface area contributed by atoms with Crippen LogP contribution < -0.4 is 5.32 Å². The average molecular weight is 172 g/mol. The van der Waals surface area contributed by atoms with Crippen molar-refractivity contribution in [3.05, 3.63) is 0 Å². The maximum Gasteiger partial charge on any atom is 0.410 e. The second-order valence-electron chi connectivity index (χ2n) is 2.30. The predicted molar refractivity (Wildman–Crippen MR) is 37.1 cm³/mol. The molecule has 0 unspecified atom stereocenters. The number of carbonyl (C=O) groups excluding carboxylic acids is 3. The lowest BCUT2D eigenvalue weighted by atomic mass is 10.4. The molecule has 0 aromatic rings. The molecule has 1 rings (SSSR count). The van der Waals surface area contributed by atoms with Crippen molar-refractivity contribution >= 4 is 17.9 Å². The highest BCUT2D eigenvalue weighted by Gasteiger charge is 2.26. The predicted octanol–water partition coefficient (Wildman–Crippen LogP) is -1.29. The molecule has 6 nitrogen and oxygen atoms in total. The van der Waals surface area contributed by atoms with Crippen LogP contribution in [0.1, 0.15) is 0 Å². The van der Waals surface area contributed by atoms with Crippen molar-refractivity contribution in [1.82, 2.24) is 10.2 Å². The molecule has 0 spiro atoms. The Bertz CT molecular complexity index is 222. The number of hydrogen-bond donors (Lipinski definition) is 1. The summed E-state index contributed by atoms with van der Waals surface area (Å²) in [6.45, 7) is -0.253. The maximum absolute atomic E-state index is 10.8. The van der Waals surface area contributed by atoms with Gasteiger partial charge in [0.15, 0.2) is 0 Å². The van der Waals surface area contributed by atoms with Gasteiger partial charge in [0, 0.05) is 0 Å². The average Bonchev–Trinajstić information content (AvgIpc) is 2.01. The molecule has 0 aromatic carbocycles. The van der Waals surface area contributed by atoms with E-state index in [1.165, 1.54) is 7.11 Å². The molecule has 0 saturated carbocycles. The molecule has 1 aliphatic rings. The number of amides is 3. The number of piperazine rings is 1. The van der Waals surface area contributed by atoms with Crippen LogP contribution in [0.2, 0.25) is 0 Å². The summed E-state index contributed by atoms with van der Waals surface area (Å²) in [7, 11) is 1.19. The molecule has 0 radical (unpaired) electrons. The summed E-state index contributed by atoms with van der Waals surface area (Å²) >= 11 is 0. The third-order valence-corrected chi connectivity index (χ3v) is 1.38. The zero-order valence-electron chi connectivity index (χ0n) is 6.49. The highest BCUT2D eigenvalue weighted by molar-refractivity contribution is 6.01. The Morgan fingerprint density at radius 1 is 1.42 bits per heavy atom. The summed E-state index contributed by atoms with van der Waals surface area (Å²) in [6, 6.07) is 0. The first-order valence-electron chi connectivity index (χ1n) is 3.29. The number of rotatable bonds is 0. The van der Waals surface area contributed by atoms with E-state index in [2.05, 4.69) is 10.1 Å². The topological polar surface area (TPSA) is 75.7 Å². The van der Waals surface area contributed by atoms with Gasteiger partial charge in [-0.15, -0.1) is 0 Å². The largest absolute Gasteiger partial charge is 0.453 e. The fourth-order valence-electron chi connectivity index (χ4n) is 0.895. The lowest BCUT2D eigenvalue weighted by Gasteiger charge is -2.23. The summed E-state index contributed by atoms with van der Waals surface area (Å²) < 4.78 is 4.34. The number of nitrogens with zero attached hydrogens (tertiary/aromatic N) is 1. The lowest BCUT2D eigenvalue weighted by molar-refractivity contribution is -0.135. The smallest absolute Gasteiger partial charge is 0.410 e. The van der Waals surface area contributed by atoms with Gasteiger partial charge in [0.25, 0.3) is 0 Å². The second kappa shape index (κ2) is 3.21. The number of ether oxygens (including phenoxy) is 1. The molecule has 66 valence electrons. The zero-order chi connectivity index (χ0) is 9.14. The van der Waals surface area contributed by atoms with E-state index in [1.807, 2.05) is 0 Å². The Morgan fingerprint density at radius 2 is 1.92 bits per heavy atom. The Hall–Kier alpha value is -1.59. The normalized spacial score (nSPS) is 17.2. The van der Waals surface area contributed by atoms with Gasteiger partial charge in [0.2, 0.25) is 11.8 Å². The molecule has 1 heterocycles. The first kappa shape index (κ1) is 8.51. The molecule has 1 N–H and O–H groups in total. The third-order valence-electron chi connectivity index (χ3n) is 1.38. The van der Waals surface area contributed by atoms with Crippen molar-refractivity contribution < 1.29 is 19.1 Å². The van der Waals surface area contributed by atoms with Gasteiger partial charge in [0.1, 0.15) is 13.1 Å². The maximum atomic E-state index is 10.8. The molecule has 0 aromatic heterocycles. The molecular formula is C6H8N2O4. The van der Waals surface area contributed by atoms with Crippen LogP contribution in [0, 0.1) is 0 Å². The number of imide groups is 1. The zero-order valence-corrected chi connectivity index (χ0v) is 6.49. The van der Waals surface area contributed by atoms with Gasteiger partial charge in [-0.3, -0.25) is 19.8 Å². The molecule has 0 aliphatic carbocycles. The van der Waals surface area contributed by atoms with Gasteiger partial charge in [-0.25, -0.2) is 4.79 Å². The Morgan fingerprint density at radius 3 is 2.33 bits per heavy atom. The number of methoxy groups -OCH3 is 1. The molecule has 6 heteroatoms. The first-order valence-corrected chi connectivity index (χ1v) is 3.29. The van der Waals surface area contributed by atoms with E-state index in [-0.39, 0.29) is 13.1 Å². The van der Waals surface area contributed by atoms with Crippen LogP contribution in [0.3, 0.4) is 0 Å². The van der Waals surface area contributed by atoms with Crippen LogP contribution in [0.4, 0.5) is 4.79 Å². The van der Waals surface area contributed by atoms with E-state index in [4.69, 9.17) is 0 Å². The van der Waals surface area contributed by atoms with Gasteiger partial charge >= 0.3 is 6.09 Å². The van der Waals surface area contributed by atoms with Gasteiger partial charge in [-0.2, -0.15) is 0 Å². The molecule has 12 heavy (non-hydrogen) atoms. The van der Waals surface area contributed by atoms with Crippen LogP contribution in [0.25, 0.3) is 0 Å². The molecule has 1 fully saturated rings. The summed E-state index contributed by atoms with van der Waals surface area (Å²) in [6.07, 6.45) is -0.668. The van der Waals surface area contributed by atoms with E-state index in [1.54, 1.807) is 0 Å². The molecule has 1 saturated heterocycles. The van der Waals surface area contributed by atoms with Crippen LogP contribution in [0.15, 0.2) is 0 Å². The van der Waals surface area contributed by atoms with Gasteiger partial charge < -0.3 is 4.74 Å². The minimum absolute atomic E-state index is 0.127. The quantitative estimate of drug-likeness (QED) is 0.461. The highest BCUT2D eigenvalue weighted by Crippen LogP contribution is 1.96. The standard InChI is InChI=1S/C6H8N2O4/c1-12-6(11)8-2-4(9)7-5(10)3-8/h2-3H2,1H3,(H,7,9,10). The summed E-state index contributed by atoms with van der Waals surface area (Å²) in [5.74, 6) is -0.978. The van der Waals surface area contributed by atoms with E-state index in [0.717, 1.165) is 4.90 Å². The van der Waals surface area contributed by atoms with Crippen molar-refractivity contribution in [1.29, 1.82) is 0 Å². The number of nitrogens with one attached hydrogen (secondary N) is 1. The Balaban J connectivity index is 2.61. The van der Waals surface area contributed by atoms with Gasteiger partial charge in [-0.1, -0.05) is 0 Å². The SMILES string of the molecule is COC(=O)N1CC(=O)NC(=O)C1. The summed E-state index contributed by atoms with van der Waals surface area (Å²) in [5, 5.41) is 2.06. The first-order chi connectivity index (χ1) is 5.63. The van der Waals surface area contributed by atoms with Gasteiger partial charge in [0.05, 0.1) is 7.11 Å². The van der Waals surface area contributed by atoms with Crippen molar-refractivity contribution in [3.63, 3.8) is 0 Å². The fraction of sp³-hybridized carbons (Fsp3) is 0.500. The Labute approximate surface area is 68.5 Å². The lowest BCUT2D eigenvalue weighted by Crippen LogP contribution is -2.53. The van der Waals surface area contributed by atoms with E-state index in [9.17, 15) is 14.4 Å². The Kier molecular flexibility index (Phi) is 2.27. The minimum atomic E-state index is -0.668. The minimum Gasteiger partial charge on any atom is -0.453 e. The monoisotopic (exact) mass is 172 g/mol. The van der Waals surface area contributed by atoms with Crippen molar-refractivity contribution in [3.8, 4) is 0 Å².